The van der Waals surface area contributed by atoms with Gasteiger partial charge >= 0.3 is 0 Å². The number of aromatic nitrogens is 3. The van der Waals surface area contributed by atoms with Gasteiger partial charge < -0.3 is 9.84 Å². The first-order chi connectivity index (χ1) is 8.10. The molecule has 0 bridgehead atoms. The van der Waals surface area contributed by atoms with Crippen LogP contribution in [0.15, 0.2) is 16.7 Å². The maximum atomic E-state index is 5.21. The monoisotopic (exact) mass is 232 g/mol. The molecule has 0 aliphatic carbocycles. The summed E-state index contributed by atoms with van der Waals surface area (Å²) in [5.41, 5.74) is 2.84. The summed E-state index contributed by atoms with van der Waals surface area (Å²) in [6, 6.07) is 3.96. The number of nitrogens with zero attached hydrogens (tertiary/aromatic N) is 3. The first kappa shape index (κ1) is 11.7. The molecule has 1 atom stereocenters. The summed E-state index contributed by atoms with van der Waals surface area (Å²) in [4.78, 5) is 8.68. The van der Waals surface area contributed by atoms with Gasteiger partial charge in [-0.3, -0.25) is 4.98 Å². The molecule has 0 aromatic carbocycles. The molecule has 0 saturated carbocycles. The number of nitrogens with one attached hydrogen (secondary N) is 1. The fraction of sp³-hybridized carbons (Fsp3) is 0.417. The lowest BCUT2D eigenvalue weighted by Gasteiger charge is -2.01. The molecule has 2 aromatic heterocycles. The zero-order valence-corrected chi connectivity index (χ0v) is 10.5. The van der Waals surface area contributed by atoms with E-state index in [4.69, 9.17) is 4.52 Å². The van der Waals surface area contributed by atoms with Gasteiger partial charge in [-0.2, -0.15) is 4.98 Å². The third-order valence-corrected chi connectivity index (χ3v) is 2.58. The molecule has 2 aromatic rings. The van der Waals surface area contributed by atoms with Crippen molar-refractivity contribution in [1.29, 1.82) is 0 Å². The van der Waals surface area contributed by atoms with E-state index in [0.29, 0.717) is 11.7 Å². The van der Waals surface area contributed by atoms with Crippen LogP contribution in [0, 0.1) is 13.8 Å². The van der Waals surface area contributed by atoms with Crippen molar-refractivity contribution in [1.82, 2.24) is 20.4 Å². The van der Waals surface area contributed by atoms with E-state index in [1.807, 2.05) is 40.0 Å². The van der Waals surface area contributed by atoms with Crippen molar-refractivity contribution < 1.29 is 4.52 Å². The smallest absolute Gasteiger partial charge is 0.243 e. The van der Waals surface area contributed by atoms with Gasteiger partial charge in [-0.1, -0.05) is 5.16 Å². The Morgan fingerprint density at radius 3 is 2.41 bits per heavy atom. The Hall–Kier alpha value is -1.75. The van der Waals surface area contributed by atoms with E-state index in [-0.39, 0.29) is 6.04 Å². The molecule has 17 heavy (non-hydrogen) atoms. The van der Waals surface area contributed by atoms with E-state index in [2.05, 4.69) is 20.4 Å². The molecule has 0 saturated heterocycles. The quantitative estimate of drug-likeness (QED) is 0.877. The molecule has 5 heteroatoms. The Labute approximate surface area is 100 Å². The van der Waals surface area contributed by atoms with E-state index < -0.39 is 0 Å². The molecular formula is C12H16N4O. The normalized spacial score (nSPS) is 12.7. The van der Waals surface area contributed by atoms with Crippen LogP contribution in [0.25, 0.3) is 11.4 Å². The average molecular weight is 232 g/mol. The highest BCUT2D eigenvalue weighted by molar-refractivity contribution is 5.55. The van der Waals surface area contributed by atoms with Crippen LogP contribution in [0.5, 0.6) is 0 Å². The first-order valence-corrected chi connectivity index (χ1v) is 5.56. The SMILES string of the molecule is CNC(C)c1nc(-c2cc(C)nc(C)c2)no1. The summed E-state index contributed by atoms with van der Waals surface area (Å²) in [6.07, 6.45) is 0. The second kappa shape index (κ2) is 4.63. The van der Waals surface area contributed by atoms with E-state index in [1.54, 1.807) is 0 Å². The van der Waals surface area contributed by atoms with Gasteiger partial charge in [0.15, 0.2) is 0 Å². The Kier molecular flexibility index (Phi) is 3.19. The Morgan fingerprint density at radius 1 is 1.18 bits per heavy atom. The zero-order chi connectivity index (χ0) is 12.4. The maximum Gasteiger partial charge on any atom is 0.243 e. The summed E-state index contributed by atoms with van der Waals surface area (Å²) in [6.45, 7) is 5.88. The van der Waals surface area contributed by atoms with Crippen LogP contribution in [-0.4, -0.2) is 22.2 Å². The van der Waals surface area contributed by atoms with Crippen molar-refractivity contribution in [3.63, 3.8) is 0 Å². The molecule has 0 amide bonds. The number of hydrogen-bond donors (Lipinski definition) is 1. The number of aryl methyl sites for hydroxylation is 2. The van der Waals surface area contributed by atoms with E-state index in [1.165, 1.54) is 0 Å². The highest BCUT2D eigenvalue weighted by Gasteiger charge is 2.13. The van der Waals surface area contributed by atoms with Gasteiger partial charge in [0.05, 0.1) is 6.04 Å². The third kappa shape index (κ3) is 2.50. The summed E-state index contributed by atoms with van der Waals surface area (Å²) in [7, 11) is 1.86. The second-order valence-corrected chi connectivity index (χ2v) is 4.11. The summed E-state index contributed by atoms with van der Waals surface area (Å²) in [5.74, 6) is 1.20. The van der Waals surface area contributed by atoms with Gasteiger partial charge in [0.25, 0.3) is 0 Å². The molecule has 90 valence electrons. The highest BCUT2D eigenvalue weighted by Crippen LogP contribution is 2.19. The molecule has 2 rings (SSSR count). The zero-order valence-electron chi connectivity index (χ0n) is 10.5. The Balaban J connectivity index is 2.36. The number of rotatable bonds is 3. The van der Waals surface area contributed by atoms with Crippen LogP contribution in [0.4, 0.5) is 0 Å². The molecule has 1 unspecified atom stereocenters. The van der Waals surface area contributed by atoms with Crippen LogP contribution >= 0.6 is 0 Å². The van der Waals surface area contributed by atoms with Crippen molar-refractivity contribution in [2.75, 3.05) is 7.05 Å². The lowest BCUT2D eigenvalue weighted by atomic mass is 10.2. The molecule has 5 nitrogen and oxygen atoms in total. The van der Waals surface area contributed by atoms with Crippen LogP contribution in [0.3, 0.4) is 0 Å². The van der Waals surface area contributed by atoms with Crippen molar-refractivity contribution in [2.45, 2.75) is 26.8 Å². The average Bonchev–Trinajstić information content (AvgIpc) is 2.76. The molecule has 1 N–H and O–H groups in total. The van der Waals surface area contributed by atoms with Crippen LogP contribution < -0.4 is 5.32 Å². The van der Waals surface area contributed by atoms with Gasteiger partial charge in [-0.25, -0.2) is 0 Å². The largest absolute Gasteiger partial charge is 0.337 e. The van der Waals surface area contributed by atoms with Gasteiger partial charge in [-0.15, -0.1) is 0 Å². The summed E-state index contributed by atoms with van der Waals surface area (Å²) < 4.78 is 5.21. The van der Waals surface area contributed by atoms with Gasteiger partial charge in [0.2, 0.25) is 11.7 Å². The number of hydrogen-bond acceptors (Lipinski definition) is 5. The maximum absolute atomic E-state index is 5.21. The van der Waals surface area contributed by atoms with Crippen LogP contribution in [0.2, 0.25) is 0 Å². The van der Waals surface area contributed by atoms with Gasteiger partial charge in [0, 0.05) is 17.0 Å². The highest BCUT2D eigenvalue weighted by atomic mass is 16.5. The molecule has 0 fully saturated rings. The molecule has 0 aliphatic rings. The minimum atomic E-state index is 0.0558. The van der Waals surface area contributed by atoms with E-state index in [9.17, 15) is 0 Å². The van der Waals surface area contributed by atoms with E-state index >= 15 is 0 Å². The summed E-state index contributed by atoms with van der Waals surface area (Å²) >= 11 is 0. The minimum Gasteiger partial charge on any atom is -0.337 e. The number of pyridine rings is 1. The second-order valence-electron chi connectivity index (χ2n) is 4.11. The minimum absolute atomic E-state index is 0.0558. The van der Waals surface area contributed by atoms with Crippen molar-refractivity contribution in [3.8, 4) is 11.4 Å². The van der Waals surface area contributed by atoms with Crippen LogP contribution in [0.1, 0.15) is 30.2 Å². The van der Waals surface area contributed by atoms with Crippen molar-refractivity contribution in [3.05, 3.63) is 29.4 Å². The molecule has 0 radical (unpaired) electrons. The topological polar surface area (TPSA) is 63.8 Å². The first-order valence-electron chi connectivity index (χ1n) is 5.56. The van der Waals surface area contributed by atoms with Crippen molar-refractivity contribution in [2.24, 2.45) is 0 Å². The lowest BCUT2D eigenvalue weighted by molar-refractivity contribution is 0.347. The molecule has 0 aliphatic heterocycles. The standard InChI is InChI=1S/C12H16N4O/c1-7-5-10(6-8(2)14-7)11-15-12(17-16-11)9(3)13-4/h5-6,9,13H,1-4H3. The fourth-order valence-electron chi connectivity index (χ4n) is 1.62. The summed E-state index contributed by atoms with van der Waals surface area (Å²) in [5, 5.41) is 7.04. The Bertz CT molecular complexity index is 501. The predicted octanol–water partition coefficient (Wildman–Crippen LogP) is 2.03. The van der Waals surface area contributed by atoms with Gasteiger partial charge in [0.1, 0.15) is 0 Å². The van der Waals surface area contributed by atoms with E-state index in [0.717, 1.165) is 17.0 Å². The lowest BCUT2D eigenvalue weighted by Crippen LogP contribution is -2.12. The third-order valence-electron chi connectivity index (χ3n) is 2.58. The predicted molar refractivity (Wildman–Crippen MR) is 64.5 cm³/mol. The molecular weight excluding hydrogens is 216 g/mol. The fourth-order valence-corrected chi connectivity index (χ4v) is 1.62. The molecule has 2 heterocycles. The molecule has 0 spiro atoms. The Morgan fingerprint density at radius 2 is 1.82 bits per heavy atom. The van der Waals surface area contributed by atoms with Gasteiger partial charge in [-0.05, 0) is 40.0 Å². The van der Waals surface area contributed by atoms with Crippen molar-refractivity contribution >= 4 is 0 Å². The van der Waals surface area contributed by atoms with Crippen LogP contribution in [-0.2, 0) is 0 Å².